The largest absolute Gasteiger partial charge is 0.481 e. The molecule has 200 valence electrons. The van der Waals surface area contributed by atoms with E-state index in [4.69, 9.17) is 0 Å². The van der Waals surface area contributed by atoms with Gasteiger partial charge >= 0.3 is 12.1 Å². The summed E-state index contributed by atoms with van der Waals surface area (Å²) in [5, 5.41) is 23.0. The Bertz CT molecular complexity index is 1090. The number of alkyl halides is 3. The van der Waals surface area contributed by atoms with Crippen molar-refractivity contribution >= 4 is 17.6 Å². The van der Waals surface area contributed by atoms with Gasteiger partial charge in [0.1, 0.15) is 11.7 Å². The summed E-state index contributed by atoms with van der Waals surface area (Å²) in [6, 6.07) is 2.57. The Morgan fingerprint density at radius 3 is 2.32 bits per heavy atom. The number of halogens is 3. The molecule has 4 saturated carbocycles. The molecule has 0 amide bonds. The number of anilines is 1. The number of amidine groups is 1. The van der Waals surface area contributed by atoms with Crippen LogP contribution >= 0.6 is 0 Å². The molecule has 4 aliphatic carbocycles. The van der Waals surface area contributed by atoms with Crippen LogP contribution in [0.25, 0.3) is 0 Å². The van der Waals surface area contributed by atoms with E-state index in [2.05, 4.69) is 20.2 Å². The smallest absolute Gasteiger partial charge is 0.417 e. The third-order valence-corrected chi connectivity index (χ3v) is 9.24. The van der Waals surface area contributed by atoms with E-state index in [1.165, 1.54) is 6.07 Å². The lowest BCUT2D eigenvalue weighted by molar-refractivity contribution is -0.166. The molecule has 2 atom stereocenters. The van der Waals surface area contributed by atoms with E-state index in [0.29, 0.717) is 56.6 Å². The van der Waals surface area contributed by atoms with Gasteiger partial charge in [-0.25, -0.2) is 4.98 Å². The van der Waals surface area contributed by atoms with Gasteiger partial charge in [0.25, 0.3) is 0 Å². The fraction of sp³-hybridized carbons (Fsp3) is 0.692. The summed E-state index contributed by atoms with van der Waals surface area (Å²) < 4.78 is 38.6. The molecule has 37 heavy (non-hydrogen) atoms. The number of nitrogens with zero attached hydrogens (tertiary/aromatic N) is 5. The highest BCUT2D eigenvalue weighted by Crippen LogP contribution is 2.60. The fourth-order valence-electron chi connectivity index (χ4n) is 7.46. The molecule has 1 aromatic heterocycles. The summed E-state index contributed by atoms with van der Waals surface area (Å²) >= 11 is 0. The van der Waals surface area contributed by atoms with Crippen molar-refractivity contribution in [1.82, 2.24) is 15.2 Å². The Morgan fingerprint density at radius 1 is 1.16 bits per heavy atom. The topological polar surface area (TPSA) is 105 Å². The van der Waals surface area contributed by atoms with Crippen LogP contribution in [-0.4, -0.2) is 64.6 Å². The number of carboxylic acids is 1. The molecule has 5 fully saturated rings. The minimum Gasteiger partial charge on any atom is -0.481 e. The number of aromatic nitrogens is 1. The van der Waals surface area contributed by atoms with E-state index in [-0.39, 0.29) is 17.9 Å². The number of aliphatic carboxylic acids is 1. The highest BCUT2D eigenvalue weighted by atomic mass is 19.4. The Balaban J connectivity index is 1.26. The van der Waals surface area contributed by atoms with Crippen molar-refractivity contribution in [2.75, 3.05) is 31.1 Å². The normalized spacial score (nSPS) is 32.3. The summed E-state index contributed by atoms with van der Waals surface area (Å²) in [6.45, 7) is 6.47. The number of aliphatic imine (C=N–C) groups is 1. The number of nitriles is 1. The molecule has 11 heteroatoms. The standard InChI is InChI=1S/C26H33F3N6O2/c1-24(2,35-7-5-34(6-8-35)20-4-3-19(14-31-20)26(27,28)29)22(32-15-30)33-21-17-9-16-10-18(21)13-25(11-16,12-17)23(36)37/h3-4,14,16-18,21H,5-13H2,1-2H3,(H,32,33)(H,36,37). The predicted octanol–water partition coefficient (Wildman–Crippen LogP) is 3.75. The lowest BCUT2D eigenvalue weighted by atomic mass is 9.48. The molecule has 1 saturated heterocycles. The highest BCUT2D eigenvalue weighted by molar-refractivity contribution is 5.92. The molecule has 1 aliphatic heterocycles. The van der Waals surface area contributed by atoms with Crippen LogP contribution in [0.15, 0.2) is 23.3 Å². The van der Waals surface area contributed by atoms with Gasteiger partial charge in [0.2, 0.25) is 6.19 Å². The van der Waals surface area contributed by atoms with Crippen LogP contribution in [0.3, 0.4) is 0 Å². The quantitative estimate of drug-likeness (QED) is 0.348. The minimum atomic E-state index is -4.41. The first kappa shape index (κ1) is 25.8. The van der Waals surface area contributed by atoms with E-state index in [0.717, 1.165) is 31.5 Å². The predicted molar refractivity (Wildman–Crippen MR) is 131 cm³/mol. The monoisotopic (exact) mass is 518 g/mol. The number of hydrogen-bond donors (Lipinski definition) is 2. The number of piperazine rings is 1. The van der Waals surface area contributed by atoms with E-state index < -0.39 is 28.7 Å². The molecule has 0 spiro atoms. The molecule has 1 aromatic rings. The molecule has 0 aromatic carbocycles. The Labute approximate surface area is 214 Å². The first-order valence-electron chi connectivity index (χ1n) is 12.9. The van der Waals surface area contributed by atoms with Crippen molar-refractivity contribution in [3.63, 3.8) is 0 Å². The first-order valence-corrected chi connectivity index (χ1v) is 12.9. The molecule has 6 rings (SSSR count). The number of carboxylic acid groups (broad SMARTS) is 1. The summed E-state index contributed by atoms with van der Waals surface area (Å²) in [4.78, 5) is 24.5. The van der Waals surface area contributed by atoms with Gasteiger partial charge in [-0.2, -0.15) is 23.4 Å². The van der Waals surface area contributed by atoms with Crippen molar-refractivity contribution in [3.8, 4) is 6.19 Å². The Kier molecular flexibility index (Phi) is 6.37. The lowest BCUT2D eigenvalue weighted by Crippen LogP contribution is -2.66. The number of hydrogen-bond acceptors (Lipinski definition) is 6. The SMILES string of the molecule is CC(C)(/C(=N\C#N)NC1C2CC3CC1CC(C(=O)O)(C3)C2)N1CCN(c2ccc(C(F)(F)F)cn2)CC1. The third-order valence-electron chi connectivity index (χ3n) is 9.24. The molecule has 8 nitrogen and oxygen atoms in total. The molecular formula is C26H33F3N6O2. The number of pyridine rings is 1. The second kappa shape index (κ2) is 9.15. The third kappa shape index (κ3) is 4.65. The number of carbonyl (C=O) groups is 1. The van der Waals surface area contributed by atoms with Crippen LogP contribution in [-0.2, 0) is 11.0 Å². The van der Waals surface area contributed by atoms with Crippen molar-refractivity contribution in [2.24, 2.45) is 28.2 Å². The highest BCUT2D eigenvalue weighted by Gasteiger charge is 2.59. The van der Waals surface area contributed by atoms with E-state index >= 15 is 0 Å². The van der Waals surface area contributed by atoms with Gasteiger partial charge in [-0.15, -0.1) is 0 Å². The zero-order valence-electron chi connectivity index (χ0n) is 21.1. The molecule has 2 N–H and O–H groups in total. The van der Waals surface area contributed by atoms with E-state index in [9.17, 15) is 28.3 Å². The average Bonchev–Trinajstić information content (AvgIpc) is 2.84. The molecule has 2 heterocycles. The fourth-order valence-corrected chi connectivity index (χ4v) is 7.46. The molecule has 5 aliphatic rings. The Morgan fingerprint density at radius 2 is 1.81 bits per heavy atom. The van der Waals surface area contributed by atoms with Crippen LogP contribution < -0.4 is 10.2 Å². The maximum Gasteiger partial charge on any atom is 0.417 e. The second-order valence-electron chi connectivity index (χ2n) is 11.7. The van der Waals surface area contributed by atoms with Gasteiger partial charge in [-0.1, -0.05) is 0 Å². The molecular weight excluding hydrogens is 485 g/mol. The van der Waals surface area contributed by atoms with Crippen LogP contribution in [0.2, 0.25) is 0 Å². The summed E-state index contributed by atoms with van der Waals surface area (Å²) in [6.07, 6.45) is 2.57. The van der Waals surface area contributed by atoms with Gasteiger partial charge < -0.3 is 15.3 Å². The zero-order chi connectivity index (χ0) is 26.6. The maximum absolute atomic E-state index is 12.9. The lowest BCUT2D eigenvalue weighted by Gasteiger charge is -2.59. The van der Waals surface area contributed by atoms with Gasteiger partial charge in [0.05, 0.1) is 16.5 Å². The van der Waals surface area contributed by atoms with Gasteiger partial charge in [0, 0.05) is 38.4 Å². The van der Waals surface area contributed by atoms with Gasteiger partial charge in [-0.05, 0) is 75.8 Å². The van der Waals surface area contributed by atoms with Crippen molar-refractivity contribution < 1.29 is 23.1 Å². The molecule has 2 unspecified atom stereocenters. The van der Waals surface area contributed by atoms with Crippen LogP contribution in [0.1, 0.15) is 51.5 Å². The first-order chi connectivity index (χ1) is 17.4. The molecule has 0 radical (unpaired) electrons. The van der Waals surface area contributed by atoms with Gasteiger partial charge in [-0.3, -0.25) is 9.69 Å². The van der Waals surface area contributed by atoms with Crippen LogP contribution in [0.4, 0.5) is 19.0 Å². The minimum absolute atomic E-state index is 0.105. The Hall–Kier alpha value is -2.87. The van der Waals surface area contributed by atoms with E-state index in [1.807, 2.05) is 24.9 Å². The van der Waals surface area contributed by atoms with Crippen molar-refractivity contribution in [2.45, 2.75) is 63.7 Å². The molecule has 4 bridgehead atoms. The van der Waals surface area contributed by atoms with Crippen molar-refractivity contribution in [1.29, 1.82) is 5.26 Å². The van der Waals surface area contributed by atoms with Crippen LogP contribution in [0.5, 0.6) is 0 Å². The number of nitrogens with one attached hydrogen (secondary N) is 1. The summed E-state index contributed by atoms with van der Waals surface area (Å²) in [5.41, 5.74) is -1.94. The summed E-state index contributed by atoms with van der Waals surface area (Å²) in [5.74, 6) is 1.41. The van der Waals surface area contributed by atoms with Gasteiger partial charge in [0.15, 0.2) is 0 Å². The zero-order valence-corrected chi connectivity index (χ0v) is 21.1. The van der Waals surface area contributed by atoms with Crippen LogP contribution in [0, 0.1) is 34.6 Å². The summed E-state index contributed by atoms with van der Waals surface area (Å²) in [7, 11) is 0. The van der Waals surface area contributed by atoms with E-state index in [1.54, 1.807) is 0 Å². The number of rotatable bonds is 5. The maximum atomic E-state index is 12.9. The second-order valence-corrected chi connectivity index (χ2v) is 11.7. The van der Waals surface area contributed by atoms with Crippen molar-refractivity contribution in [3.05, 3.63) is 23.9 Å². The average molecular weight is 519 g/mol.